The minimum atomic E-state index is -0.855. The van der Waals surface area contributed by atoms with E-state index in [2.05, 4.69) is 0 Å². The lowest BCUT2D eigenvalue weighted by Crippen LogP contribution is -2.42. The summed E-state index contributed by atoms with van der Waals surface area (Å²) in [6.45, 7) is 1.86. The van der Waals surface area contributed by atoms with Crippen molar-refractivity contribution in [1.29, 1.82) is 0 Å². The van der Waals surface area contributed by atoms with E-state index < -0.39 is 11.6 Å². The Morgan fingerprint density at radius 3 is 2.58 bits per heavy atom. The summed E-state index contributed by atoms with van der Waals surface area (Å²) >= 11 is 0. The Labute approximate surface area is 111 Å². The molecule has 2 heterocycles. The van der Waals surface area contributed by atoms with Crippen molar-refractivity contribution in [3.05, 3.63) is 23.8 Å². The van der Waals surface area contributed by atoms with Crippen LogP contribution in [0.15, 0.2) is 18.2 Å². The van der Waals surface area contributed by atoms with Crippen LogP contribution in [0.4, 0.5) is 0 Å². The van der Waals surface area contributed by atoms with Gasteiger partial charge in [0.05, 0.1) is 26.2 Å². The summed E-state index contributed by atoms with van der Waals surface area (Å²) in [5.74, 6) is 0.535. The second-order valence-electron chi connectivity index (χ2n) is 4.88. The van der Waals surface area contributed by atoms with Gasteiger partial charge in [-0.1, -0.05) is 6.07 Å². The first kappa shape index (κ1) is 12.3. The highest BCUT2D eigenvalue weighted by Crippen LogP contribution is 2.43. The van der Waals surface area contributed by atoms with Gasteiger partial charge in [0, 0.05) is 12.8 Å². The van der Waals surface area contributed by atoms with E-state index in [1.165, 1.54) is 0 Å². The van der Waals surface area contributed by atoms with Crippen molar-refractivity contribution >= 4 is 5.97 Å². The highest BCUT2D eigenvalue weighted by Gasteiger charge is 2.42. The highest BCUT2D eigenvalue weighted by atomic mass is 16.5. The number of carboxylic acid groups (broad SMARTS) is 1. The van der Waals surface area contributed by atoms with Gasteiger partial charge >= 0.3 is 5.97 Å². The van der Waals surface area contributed by atoms with Crippen LogP contribution in [0.1, 0.15) is 24.8 Å². The molecule has 3 rings (SSSR count). The molecule has 1 saturated heterocycles. The highest BCUT2D eigenvalue weighted by molar-refractivity contribution is 5.69. The van der Waals surface area contributed by atoms with Crippen molar-refractivity contribution in [2.75, 3.05) is 19.8 Å². The van der Waals surface area contributed by atoms with Crippen molar-refractivity contribution in [2.24, 2.45) is 0 Å². The predicted octanol–water partition coefficient (Wildman–Crippen LogP) is 1.94. The van der Waals surface area contributed by atoms with Crippen LogP contribution in [0.3, 0.4) is 0 Å². The molecule has 1 aromatic carbocycles. The van der Waals surface area contributed by atoms with Crippen LogP contribution >= 0.6 is 0 Å². The molecule has 1 N–H and O–H groups in total. The second kappa shape index (κ2) is 4.74. The fourth-order valence-electron chi connectivity index (χ4n) is 2.51. The van der Waals surface area contributed by atoms with Crippen LogP contribution in [0, 0.1) is 0 Å². The van der Waals surface area contributed by atoms with Gasteiger partial charge in [0.15, 0.2) is 11.5 Å². The van der Waals surface area contributed by atoms with Gasteiger partial charge in [0.1, 0.15) is 5.60 Å². The van der Waals surface area contributed by atoms with Crippen LogP contribution in [0.5, 0.6) is 11.5 Å². The van der Waals surface area contributed by atoms with Gasteiger partial charge in [0.2, 0.25) is 0 Å². The molecule has 0 bridgehead atoms. The topological polar surface area (TPSA) is 65.0 Å². The first-order valence-corrected chi connectivity index (χ1v) is 6.45. The lowest BCUT2D eigenvalue weighted by atomic mass is 9.83. The number of ether oxygens (including phenoxy) is 3. The Morgan fingerprint density at radius 2 is 1.95 bits per heavy atom. The number of rotatable bonds is 3. The molecule has 19 heavy (non-hydrogen) atoms. The summed E-state index contributed by atoms with van der Waals surface area (Å²) < 4.78 is 16.8. The largest absolute Gasteiger partial charge is 0.490 e. The molecule has 1 aromatic rings. The van der Waals surface area contributed by atoms with E-state index in [0.717, 1.165) is 18.4 Å². The molecule has 0 aliphatic carbocycles. The van der Waals surface area contributed by atoms with Gasteiger partial charge in [-0.05, 0) is 17.7 Å². The van der Waals surface area contributed by atoms with Gasteiger partial charge in [-0.25, -0.2) is 0 Å². The standard InChI is InChI=1S/C14H16O5/c15-13(16)9-14(4-7-19-14)10-2-3-11-12(8-10)18-6-1-5-17-11/h2-3,8H,1,4-7,9H2,(H,15,16). The average Bonchev–Trinajstić information content (AvgIpc) is 2.57. The molecule has 0 aromatic heterocycles. The summed E-state index contributed by atoms with van der Waals surface area (Å²) in [4.78, 5) is 11.0. The van der Waals surface area contributed by atoms with Crippen LogP contribution in [0.2, 0.25) is 0 Å². The third-order valence-corrected chi connectivity index (χ3v) is 3.59. The van der Waals surface area contributed by atoms with Crippen molar-refractivity contribution < 1.29 is 24.1 Å². The Morgan fingerprint density at radius 1 is 1.21 bits per heavy atom. The van der Waals surface area contributed by atoms with Crippen LogP contribution in [-0.2, 0) is 15.1 Å². The van der Waals surface area contributed by atoms with Crippen molar-refractivity contribution in [3.63, 3.8) is 0 Å². The molecule has 2 aliphatic rings. The maximum Gasteiger partial charge on any atom is 0.306 e. The maximum absolute atomic E-state index is 11.0. The minimum Gasteiger partial charge on any atom is -0.490 e. The van der Waals surface area contributed by atoms with Crippen LogP contribution in [0.25, 0.3) is 0 Å². The average molecular weight is 264 g/mol. The number of hydrogen-bond donors (Lipinski definition) is 1. The molecule has 102 valence electrons. The lowest BCUT2D eigenvalue weighted by Gasteiger charge is -2.41. The SMILES string of the molecule is O=C(O)CC1(c2ccc3c(c2)OCCCO3)CCO1. The van der Waals surface area contributed by atoms with Crippen molar-refractivity contribution in [1.82, 2.24) is 0 Å². The molecule has 2 aliphatic heterocycles. The number of fused-ring (bicyclic) bond motifs is 1. The third-order valence-electron chi connectivity index (χ3n) is 3.59. The Bertz CT molecular complexity index is 493. The van der Waals surface area contributed by atoms with Gasteiger partial charge in [-0.2, -0.15) is 0 Å². The molecule has 1 fully saturated rings. The Balaban J connectivity index is 1.92. The van der Waals surface area contributed by atoms with Gasteiger partial charge < -0.3 is 19.3 Å². The van der Waals surface area contributed by atoms with Crippen LogP contribution in [-0.4, -0.2) is 30.9 Å². The molecule has 0 saturated carbocycles. The van der Waals surface area contributed by atoms with E-state index in [1.54, 1.807) is 0 Å². The molecule has 5 nitrogen and oxygen atoms in total. The molecule has 5 heteroatoms. The number of carbonyl (C=O) groups is 1. The molecular weight excluding hydrogens is 248 g/mol. The minimum absolute atomic E-state index is 0.0212. The van der Waals surface area contributed by atoms with Gasteiger partial charge in [-0.3, -0.25) is 4.79 Å². The molecular formula is C14H16O5. The summed E-state index contributed by atoms with van der Waals surface area (Å²) in [5, 5.41) is 9.02. The lowest BCUT2D eigenvalue weighted by molar-refractivity contribution is -0.176. The normalized spacial score (nSPS) is 25.3. The Hall–Kier alpha value is -1.75. The zero-order valence-corrected chi connectivity index (χ0v) is 10.6. The molecule has 0 amide bonds. The number of benzene rings is 1. The molecule has 0 radical (unpaired) electrons. The fourth-order valence-corrected chi connectivity index (χ4v) is 2.51. The summed E-state index contributed by atoms with van der Waals surface area (Å²) in [7, 11) is 0. The van der Waals surface area contributed by atoms with E-state index in [-0.39, 0.29) is 6.42 Å². The fraction of sp³-hybridized carbons (Fsp3) is 0.500. The van der Waals surface area contributed by atoms with E-state index in [4.69, 9.17) is 19.3 Å². The van der Waals surface area contributed by atoms with E-state index in [1.807, 2.05) is 18.2 Å². The summed E-state index contributed by atoms with van der Waals surface area (Å²) in [5.41, 5.74) is 0.154. The molecule has 1 unspecified atom stereocenters. The second-order valence-corrected chi connectivity index (χ2v) is 4.88. The smallest absolute Gasteiger partial charge is 0.306 e. The van der Waals surface area contributed by atoms with Crippen LogP contribution < -0.4 is 9.47 Å². The van der Waals surface area contributed by atoms with E-state index in [0.29, 0.717) is 31.3 Å². The quantitative estimate of drug-likeness (QED) is 0.903. The molecule has 0 spiro atoms. The zero-order chi connectivity index (χ0) is 13.3. The van der Waals surface area contributed by atoms with E-state index in [9.17, 15) is 4.79 Å². The van der Waals surface area contributed by atoms with Gasteiger partial charge in [0.25, 0.3) is 0 Å². The number of hydrogen-bond acceptors (Lipinski definition) is 4. The van der Waals surface area contributed by atoms with E-state index >= 15 is 0 Å². The maximum atomic E-state index is 11.0. The first-order valence-electron chi connectivity index (χ1n) is 6.45. The number of aliphatic carboxylic acids is 1. The number of carboxylic acids is 1. The molecule has 1 atom stereocenters. The van der Waals surface area contributed by atoms with Crippen molar-refractivity contribution in [3.8, 4) is 11.5 Å². The summed E-state index contributed by atoms with van der Waals surface area (Å²) in [6.07, 6.45) is 1.55. The third kappa shape index (κ3) is 2.26. The summed E-state index contributed by atoms with van der Waals surface area (Å²) in [6, 6.07) is 5.56. The predicted molar refractivity (Wildman–Crippen MR) is 66.5 cm³/mol. The zero-order valence-electron chi connectivity index (χ0n) is 10.6. The monoisotopic (exact) mass is 264 g/mol. The van der Waals surface area contributed by atoms with Gasteiger partial charge in [-0.15, -0.1) is 0 Å². The Kier molecular flexibility index (Phi) is 3.06. The first-order chi connectivity index (χ1) is 9.20. The van der Waals surface area contributed by atoms with Crippen molar-refractivity contribution in [2.45, 2.75) is 24.9 Å².